The van der Waals surface area contributed by atoms with Gasteiger partial charge in [0.1, 0.15) is 18.1 Å². The summed E-state index contributed by atoms with van der Waals surface area (Å²) in [5, 5.41) is 2.79. The molecule has 0 aliphatic carbocycles. The van der Waals surface area contributed by atoms with Crippen molar-refractivity contribution in [3.63, 3.8) is 0 Å². The predicted octanol–water partition coefficient (Wildman–Crippen LogP) is 4.08. The van der Waals surface area contributed by atoms with Crippen LogP contribution in [0.1, 0.15) is 11.3 Å². The number of furan rings is 1. The standard InChI is InChI=1S/C23H20N2O4S/c1-28-17-10-8-16(9-11-17)13-21-23(27)25(19-6-2-3-7-20(19)30-21)15-22(26)24-14-18-5-4-12-29-18/h2-13H,14-15H2,1H3,(H,24,26)/b21-13-. The molecule has 6 nitrogen and oxygen atoms in total. The lowest BCUT2D eigenvalue weighted by molar-refractivity contribution is -0.122. The number of anilines is 1. The minimum atomic E-state index is -0.259. The van der Waals surface area contributed by atoms with Crippen molar-refractivity contribution in [2.75, 3.05) is 18.6 Å². The van der Waals surface area contributed by atoms with Crippen LogP contribution in [0.15, 0.2) is 81.1 Å². The lowest BCUT2D eigenvalue weighted by atomic mass is 10.2. The van der Waals surface area contributed by atoms with E-state index >= 15 is 0 Å². The Balaban J connectivity index is 1.56. The first-order chi connectivity index (χ1) is 14.6. The number of rotatable bonds is 6. The van der Waals surface area contributed by atoms with Crippen molar-refractivity contribution in [3.05, 3.63) is 83.2 Å². The van der Waals surface area contributed by atoms with Gasteiger partial charge in [-0.05, 0) is 48.0 Å². The number of carbonyl (C=O) groups is 2. The highest BCUT2D eigenvalue weighted by Crippen LogP contribution is 2.41. The van der Waals surface area contributed by atoms with Crippen molar-refractivity contribution in [2.24, 2.45) is 0 Å². The Morgan fingerprint density at radius 2 is 1.93 bits per heavy atom. The van der Waals surface area contributed by atoms with Gasteiger partial charge in [0, 0.05) is 4.90 Å². The van der Waals surface area contributed by atoms with Crippen molar-refractivity contribution in [3.8, 4) is 5.75 Å². The fraction of sp³-hybridized carbons (Fsp3) is 0.130. The predicted molar refractivity (Wildman–Crippen MR) is 116 cm³/mol. The number of methoxy groups -OCH3 is 1. The second-order valence-corrected chi connectivity index (χ2v) is 7.68. The van der Waals surface area contributed by atoms with E-state index in [-0.39, 0.29) is 24.9 Å². The second-order valence-electron chi connectivity index (χ2n) is 6.60. The van der Waals surface area contributed by atoms with E-state index in [1.807, 2.05) is 54.6 Å². The Morgan fingerprint density at radius 3 is 2.67 bits per heavy atom. The van der Waals surface area contributed by atoms with E-state index in [2.05, 4.69) is 5.32 Å². The Labute approximate surface area is 178 Å². The number of thioether (sulfide) groups is 1. The van der Waals surface area contributed by atoms with Crippen molar-refractivity contribution in [1.29, 1.82) is 0 Å². The molecule has 1 aliphatic heterocycles. The van der Waals surface area contributed by atoms with Crippen LogP contribution in [-0.4, -0.2) is 25.5 Å². The van der Waals surface area contributed by atoms with E-state index in [0.717, 1.165) is 21.9 Å². The monoisotopic (exact) mass is 420 g/mol. The zero-order valence-electron chi connectivity index (χ0n) is 16.3. The fourth-order valence-electron chi connectivity index (χ4n) is 3.07. The summed E-state index contributed by atoms with van der Waals surface area (Å²) in [4.78, 5) is 28.7. The molecule has 152 valence electrons. The zero-order chi connectivity index (χ0) is 20.9. The number of ether oxygens (including phenoxy) is 1. The fourth-order valence-corrected chi connectivity index (χ4v) is 4.13. The molecule has 0 saturated heterocycles. The van der Waals surface area contributed by atoms with Crippen LogP contribution in [0.5, 0.6) is 5.75 Å². The Hall–Kier alpha value is -3.45. The number of benzene rings is 2. The summed E-state index contributed by atoms with van der Waals surface area (Å²) in [5.41, 5.74) is 1.61. The van der Waals surface area contributed by atoms with Crippen LogP contribution in [0.3, 0.4) is 0 Å². The SMILES string of the molecule is COc1ccc(/C=C2\Sc3ccccc3N(CC(=O)NCc3ccco3)C2=O)cc1. The van der Waals surface area contributed by atoms with Crippen LogP contribution < -0.4 is 15.0 Å². The summed E-state index contributed by atoms with van der Waals surface area (Å²) in [7, 11) is 1.61. The van der Waals surface area contributed by atoms with Crippen LogP contribution in [0.4, 0.5) is 5.69 Å². The van der Waals surface area contributed by atoms with Gasteiger partial charge in [-0.2, -0.15) is 0 Å². The van der Waals surface area contributed by atoms with Gasteiger partial charge < -0.3 is 14.5 Å². The molecule has 0 spiro atoms. The van der Waals surface area contributed by atoms with Gasteiger partial charge in [0.05, 0.1) is 30.5 Å². The number of para-hydroxylation sites is 1. The minimum absolute atomic E-state index is 0.0724. The highest BCUT2D eigenvalue weighted by Gasteiger charge is 2.30. The molecule has 1 aromatic heterocycles. The second kappa shape index (κ2) is 8.92. The maximum Gasteiger partial charge on any atom is 0.265 e. The van der Waals surface area contributed by atoms with Gasteiger partial charge in [-0.25, -0.2) is 0 Å². The number of nitrogens with one attached hydrogen (secondary N) is 1. The topological polar surface area (TPSA) is 71.8 Å². The molecule has 3 aromatic rings. The van der Waals surface area contributed by atoms with Gasteiger partial charge in [0.15, 0.2) is 0 Å². The summed E-state index contributed by atoms with van der Waals surface area (Å²) in [6.07, 6.45) is 3.38. The Morgan fingerprint density at radius 1 is 1.13 bits per heavy atom. The average Bonchev–Trinajstić information content (AvgIpc) is 3.29. The number of hydrogen-bond acceptors (Lipinski definition) is 5. The van der Waals surface area contributed by atoms with Crippen LogP contribution in [0, 0.1) is 0 Å². The molecule has 1 N–H and O–H groups in total. The van der Waals surface area contributed by atoms with Gasteiger partial charge in [-0.3, -0.25) is 14.5 Å². The first-order valence-electron chi connectivity index (χ1n) is 9.37. The molecule has 0 bridgehead atoms. The zero-order valence-corrected chi connectivity index (χ0v) is 17.1. The molecule has 4 rings (SSSR count). The maximum atomic E-state index is 13.2. The van der Waals surface area contributed by atoms with Gasteiger partial charge in [-0.1, -0.05) is 36.0 Å². The highest BCUT2D eigenvalue weighted by atomic mass is 32.2. The lowest BCUT2D eigenvalue weighted by Crippen LogP contribution is -2.42. The van der Waals surface area contributed by atoms with Gasteiger partial charge in [-0.15, -0.1) is 0 Å². The number of amides is 2. The molecule has 2 heterocycles. The number of hydrogen-bond donors (Lipinski definition) is 1. The molecule has 0 fully saturated rings. The third-order valence-corrected chi connectivity index (χ3v) is 5.66. The largest absolute Gasteiger partial charge is 0.497 e. The summed E-state index contributed by atoms with van der Waals surface area (Å²) < 4.78 is 10.4. The van der Waals surface area contributed by atoms with Crippen molar-refractivity contribution < 1.29 is 18.7 Å². The molecular formula is C23H20N2O4S. The van der Waals surface area contributed by atoms with Crippen molar-refractivity contribution in [1.82, 2.24) is 5.32 Å². The number of fused-ring (bicyclic) bond motifs is 1. The minimum Gasteiger partial charge on any atom is -0.497 e. The normalized spacial score (nSPS) is 14.5. The maximum absolute atomic E-state index is 13.2. The van der Waals surface area contributed by atoms with Crippen molar-refractivity contribution >= 4 is 35.3 Å². The molecule has 0 atom stereocenters. The van der Waals surface area contributed by atoms with E-state index < -0.39 is 0 Å². The van der Waals surface area contributed by atoms with Gasteiger partial charge in [0.2, 0.25) is 5.91 Å². The van der Waals surface area contributed by atoms with Crippen LogP contribution >= 0.6 is 11.8 Å². The van der Waals surface area contributed by atoms with Crippen molar-refractivity contribution in [2.45, 2.75) is 11.4 Å². The van der Waals surface area contributed by atoms with Crippen LogP contribution in [0.2, 0.25) is 0 Å². The summed E-state index contributed by atoms with van der Waals surface area (Å²) in [5.74, 6) is 0.942. The molecule has 0 radical (unpaired) electrons. The molecule has 2 amide bonds. The molecule has 30 heavy (non-hydrogen) atoms. The molecule has 0 saturated carbocycles. The Bertz CT molecular complexity index is 1070. The molecular weight excluding hydrogens is 400 g/mol. The Kier molecular flexibility index (Phi) is 5.90. The smallest absolute Gasteiger partial charge is 0.265 e. The first-order valence-corrected chi connectivity index (χ1v) is 10.2. The lowest BCUT2D eigenvalue weighted by Gasteiger charge is -2.29. The third-order valence-electron chi connectivity index (χ3n) is 4.59. The van der Waals surface area contributed by atoms with E-state index in [9.17, 15) is 9.59 Å². The molecule has 7 heteroatoms. The van der Waals surface area contributed by atoms with E-state index in [1.165, 1.54) is 16.7 Å². The van der Waals surface area contributed by atoms with Gasteiger partial charge >= 0.3 is 0 Å². The van der Waals surface area contributed by atoms with Crippen LogP contribution in [-0.2, 0) is 16.1 Å². The number of carbonyl (C=O) groups excluding carboxylic acids is 2. The van der Waals surface area contributed by atoms with Gasteiger partial charge in [0.25, 0.3) is 5.91 Å². The first kappa shape index (κ1) is 19.8. The average molecular weight is 420 g/mol. The number of nitrogens with zero attached hydrogens (tertiary/aromatic N) is 1. The molecule has 1 aliphatic rings. The van der Waals surface area contributed by atoms with E-state index in [1.54, 1.807) is 25.5 Å². The summed E-state index contributed by atoms with van der Waals surface area (Å²) in [6, 6.07) is 18.6. The summed E-state index contributed by atoms with van der Waals surface area (Å²) in [6.45, 7) is 0.204. The van der Waals surface area contributed by atoms with E-state index in [4.69, 9.17) is 9.15 Å². The summed E-state index contributed by atoms with van der Waals surface area (Å²) >= 11 is 1.40. The molecule has 2 aromatic carbocycles. The third kappa shape index (κ3) is 4.41. The molecule has 0 unspecified atom stereocenters. The van der Waals surface area contributed by atoms with E-state index in [0.29, 0.717) is 10.7 Å². The van der Waals surface area contributed by atoms with Crippen LogP contribution in [0.25, 0.3) is 6.08 Å². The highest BCUT2D eigenvalue weighted by molar-refractivity contribution is 8.04. The quantitative estimate of drug-likeness (QED) is 0.609.